The molecule has 0 bridgehead atoms. The van der Waals surface area contributed by atoms with Crippen molar-refractivity contribution in [1.29, 1.82) is 0 Å². The smallest absolute Gasteiger partial charge is 0.256 e. The van der Waals surface area contributed by atoms with Crippen LogP contribution in [0, 0.1) is 0 Å². The standard InChI is InChI=1S/C18H13BrClN3OS/c19-12-3-1-11(2-4-12)18(24)21-17-15-9-25-10-16(15)22-23(17)14-7-5-13(20)6-8-14/h1-8H,9-10H2,(H,21,24). The molecule has 7 heteroatoms. The van der Waals surface area contributed by atoms with E-state index in [0.717, 1.165) is 38.7 Å². The Morgan fingerprint density at radius 2 is 1.84 bits per heavy atom. The summed E-state index contributed by atoms with van der Waals surface area (Å²) >= 11 is 11.2. The Morgan fingerprint density at radius 1 is 1.12 bits per heavy atom. The fourth-order valence-electron chi connectivity index (χ4n) is 2.69. The molecule has 0 saturated carbocycles. The normalized spacial score (nSPS) is 12.9. The summed E-state index contributed by atoms with van der Waals surface area (Å²) in [6, 6.07) is 14.7. The maximum absolute atomic E-state index is 12.7. The Morgan fingerprint density at radius 3 is 2.56 bits per heavy atom. The van der Waals surface area contributed by atoms with Gasteiger partial charge in [-0.25, -0.2) is 4.68 Å². The van der Waals surface area contributed by atoms with Crippen LogP contribution in [-0.2, 0) is 11.5 Å². The molecule has 4 nitrogen and oxygen atoms in total. The number of fused-ring (bicyclic) bond motifs is 1. The van der Waals surface area contributed by atoms with Gasteiger partial charge in [-0.3, -0.25) is 4.79 Å². The highest BCUT2D eigenvalue weighted by Crippen LogP contribution is 2.36. The molecule has 4 rings (SSSR count). The molecule has 1 N–H and O–H groups in total. The fourth-order valence-corrected chi connectivity index (χ4v) is 4.12. The van der Waals surface area contributed by atoms with E-state index in [4.69, 9.17) is 11.6 Å². The van der Waals surface area contributed by atoms with E-state index >= 15 is 0 Å². The average molecular weight is 435 g/mol. The zero-order valence-electron chi connectivity index (χ0n) is 13.0. The second-order valence-electron chi connectivity index (χ2n) is 5.62. The van der Waals surface area contributed by atoms with Crippen molar-refractivity contribution in [2.24, 2.45) is 0 Å². The van der Waals surface area contributed by atoms with Crippen molar-refractivity contribution < 1.29 is 4.79 Å². The van der Waals surface area contributed by atoms with Crippen LogP contribution in [0.3, 0.4) is 0 Å². The Kier molecular flexibility index (Phi) is 4.58. The number of nitrogens with one attached hydrogen (secondary N) is 1. The van der Waals surface area contributed by atoms with Crippen LogP contribution in [0.1, 0.15) is 21.6 Å². The zero-order chi connectivity index (χ0) is 17.4. The maximum atomic E-state index is 12.7. The molecule has 126 valence electrons. The monoisotopic (exact) mass is 433 g/mol. The number of hydrogen-bond donors (Lipinski definition) is 1. The van der Waals surface area contributed by atoms with Gasteiger partial charge in [0.15, 0.2) is 0 Å². The number of carbonyl (C=O) groups excluding carboxylic acids is 1. The molecule has 25 heavy (non-hydrogen) atoms. The Bertz CT molecular complexity index is 938. The minimum atomic E-state index is -0.151. The number of carbonyl (C=O) groups is 1. The first-order valence-corrected chi connectivity index (χ1v) is 9.96. The number of nitrogens with zero attached hydrogens (tertiary/aromatic N) is 2. The van der Waals surface area contributed by atoms with Crippen LogP contribution in [-0.4, -0.2) is 15.7 Å². The first-order chi connectivity index (χ1) is 12.1. The molecule has 1 aliphatic rings. The Balaban J connectivity index is 1.72. The quantitative estimate of drug-likeness (QED) is 0.609. The summed E-state index contributed by atoms with van der Waals surface area (Å²) in [4.78, 5) is 12.7. The molecule has 2 heterocycles. The summed E-state index contributed by atoms with van der Waals surface area (Å²) in [6.07, 6.45) is 0. The lowest BCUT2D eigenvalue weighted by atomic mass is 10.2. The van der Waals surface area contributed by atoms with E-state index in [1.807, 2.05) is 36.4 Å². The molecule has 0 fully saturated rings. The van der Waals surface area contributed by atoms with Crippen molar-refractivity contribution in [3.05, 3.63) is 74.8 Å². The average Bonchev–Trinajstić information content (AvgIpc) is 3.19. The molecule has 1 aliphatic heterocycles. The number of aromatic nitrogens is 2. The molecule has 2 aromatic carbocycles. The first kappa shape index (κ1) is 16.7. The van der Waals surface area contributed by atoms with E-state index in [2.05, 4.69) is 26.3 Å². The third kappa shape index (κ3) is 3.34. The number of thioether (sulfide) groups is 1. The number of rotatable bonds is 3. The van der Waals surface area contributed by atoms with Gasteiger partial charge in [0.2, 0.25) is 0 Å². The van der Waals surface area contributed by atoms with Crippen molar-refractivity contribution in [3.8, 4) is 5.69 Å². The van der Waals surface area contributed by atoms with Gasteiger partial charge >= 0.3 is 0 Å². The topological polar surface area (TPSA) is 46.9 Å². The minimum Gasteiger partial charge on any atom is -0.306 e. The van der Waals surface area contributed by atoms with E-state index in [0.29, 0.717) is 10.6 Å². The number of amides is 1. The van der Waals surface area contributed by atoms with E-state index in [-0.39, 0.29) is 5.91 Å². The largest absolute Gasteiger partial charge is 0.306 e. The van der Waals surface area contributed by atoms with Gasteiger partial charge in [0, 0.05) is 32.1 Å². The third-order valence-corrected chi connectivity index (χ3v) is 5.71. The number of anilines is 1. The lowest BCUT2D eigenvalue weighted by molar-refractivity contribution is 0.102. The van der Waals surface area contributed by atoms with Crippen LogP contribution in [0.2, 0.25) is 5.02 Å². The Labute approximate surface area is 162 Å². The van der Waals surface area contributed by atoms with Crippen molar-refractivity contribution in [1.82, 2.24) is 9.78 Å². The second-order valence-corrected chi connectivity index (χ2v) is 7.95. The maximum Gasteiger partial charge on any atom is 0.256 e. The highest BCUT2D eigenvalue weighted by Gasteiger charge is 2.25. The minimum absolute atomic E-state index is 0.151. The summed E-state index contributed by atoms with van der Waals surface area (Å²) in [5, 5.41) is 8.39. The molecule has 1 aromatic heterocycles. The molecule has 3 aromatic rings. The van der Waals surface area contributed by atoms with Crippen molar-refractivity contribution >= 4 is 51.0 Å². The number of benzene rings is 2. The molecule has 0 saturated heterocycles. The van der Waals surface area contributed by atoms with Gasteiger partial charge in [-0.05, 0) is 48.5 Å². The van der Waals surface area contributed by atoms with Gasteiger partial charge < -0.3 is 5.32 Å². The summed E-state index contributed by atoms with van der Waals surface area (Å²) < 4.78 is 2.73. The van der Waals surface area contributed by atoms with Crippen LogP contribution in [0.15, 0.2) is 53.0 Å². The van der Waals surface area contributed by atoms with Gasteiger partial charge in [0.1, 0.15) is 5.82 Å². The predicted molar refractivity (Wildman–Crippen MR) is 106 cm³/mol. The van der Waals surface area contributed by atoms with Gasteiger partial charge in [0.25, 0.3) is 5.91 Å². The lowest BCUT2D eigenvalue weighted by Crippen LogP contribution is -2.16. The highest BCUT2D eigenvalue weighted by atomic mass is 79.9. The van der Waals surface area contributed by atoms with E-state index in [9.17, 15) is 4.79 Å². The second kappa shape index (κ2) is 6.86. The molecular formula is C18H13BrClN3OS. The summed E-state index contributed by atoms with van der Waals surface area (Å²) in [7, 11) is 0. The number of hydrogen-bond acceptors (Lipinski definition) is 3. The summed E-state index contributed by atoms with van der Waals surface area (Å²) in [5.74, 6) is 2.29. The molecule has 0 radical (unpaired) electrons. The molecule has 0 unspecified atom stereocenters. The van der Waals surface area contributed by atoms with Crippen LogP contribution >= 0.6 is 39.3 Å². The molecule has 0 atom stereocenters. The van der Waals surface area contributed by atoms with Crippen LogP contribution in [0.25, 0.3) is 5.69 Å². The molecule has 0 spiro atoms. The van der Waals surface area contributed by atoms with E-state index in [1.165, 1.54) is 0 Å². The zero-order valence-corrected chi connectivity index (χ0v) is 16.2. The van der Waals surface area contributed by atoms with Crippen LogP contribution < -0.4 is 5.32 Å². The molecular weight excluding hydrogens is 422 g/mol. The third-order valence-electron chi connectivity index (χ3n) is 3.96. The molecule has 0 aliphatic carbocycles. The summed E-state index contributed by atoms with van der Waals surface area (Å²) in [6.45, 7) is 0. The van der Waals surface area contributed by atoms with Crippen LogP contribution in [0.4, 0.5) is 5.82 Å². The fraction of sp³-hybridized carbons (Fsp3) is 0.111. The van der Waals surface area contributed by atoms with Gasteiger partial charge in [0.05, 0.1) is 11.4 Å². The van der Waals surface area contributed by atoms with E-state index in [1.54, 1.807) is 28.6 Å². The van der Waals surface area contributed by atoms with Crippen molar-refractivity contribution in [2.45, 2.75) is 11.5 Å². The van der Waals surface area contributed by atoms with Crippen molar-refractivity contribution in [2.75, 3.05) is 5.32 Å². The molecule has 1 amide bonds. The number of halogens is 2. The summed E-state index contributed by atoms with van der Waals surface area (Å²) in [5.41, 5.74) is 3.58. The predicted octanol–water partition coefficient (Wildman–Crippen LogP) is 5.29. The van der Waals surface area contributed by atoms with Gasteiger partial charge in [-0.2, -0.15) is 16.9 Å². The van der Waals surface area contributed by atoms with Gasteiger partial charge in [-0.1, -0.05) is 27.5 Å². The van der Waals surface area contributed by atoms with Crippen LogP contribution in [0.5, 0.6) is 0 Å². The van der Waals surface area contributed by atoms with Gasteiger partial charge in [-0.15, -0.1) is 0 Å². The SMILES string of the molecule is O=C(Nc1c2c(nn1-c1ccc(Cl)cc1)CSC2)c1ccc(Br)cc1. The van der Waals surface area contributed by atoms with E-state index < -0.39 is 0 Å². The van der Waals surface area contributed by atoms with Crippen molar-refractivity contribution in [3.63, 3.8) is 0 Å². The highest BCUT2D eigenvalue weighted by molar-refractivity contribution is 9.10. The first-order valence-electron chi connectivity index (χ1n) is 7.63. The Hall–Kier alpha value is -1.76. The lowest BCUT2D eigenvalue weighted by Gasteiger charge is -2.11.